The molecule has 4 aromatic carbocycles. The maximum absolute atomic E-state index is 10.2. The van der Waals surface area contributed by atoms with Crippen molar-refractivity contribution in [1.82, 2.24) is 4.98 Å². The van der Waals surface area contributed by atoms with Gasteiger partial charge >= 0.3 is 0 Å². The summed E-state index contributed by atoms with van der Waals surface area (Å²) in [5, 5.41) is 13.3. The van der Waals surface area contributed by atoms with E-state index in [0.29, 0.717) is 19.0 Å². The highest BCUT2D eigenvalue weighted by molar-refractivity contribution is 5.86. The van der Waals surface area contributed by atoms with Crippen LogP contribution in [-0.4, -0.2) is 23.3 Å². The number of phenolic OH excluding ortho intramolecular Hbond substituents is 1. The minimum atomic E-state index is 0.130. The Balaban J connectivity index is 1.15. The molecule has 0 unspecified atom stereocenters. The van der Waals surface area contributed by atoms with Gasteiger partial charge in [0.1, 0.15) is 19.0 Å². The SMILES string of the molecule is Oc1cc2ccccc2cc1OCCOc1ccc(/C=C/c2ccc3ccccc3n2)cc1. The van der Waals surface area contributed by atoms with E-state index in [9.17, 15) is 5.11 Å². The highest BCUT2D eigenvalue weighted by Gasteiger charge is 2.05. The molecule has 0 fully saturated rings. The van der Waals surface area contributed by atoms with E-state index in [1.54, 1.807) is 6.07 Å². The molecule has 0 bridgehead atoms. The molecule has 162 valence electrons. The highest BCUT2D eigenvalue weighted by atomic mass is 16.5. The van der Waals surface area contributed by atoms with Crippen LogP contribution in [-0.2, 0) is 0 Å². The Bertz CT molecular complexity index is 1420. The average Bonchev–Trinajstić information content (AvgIpc) is 2.86. The molecule has 1 aromatic heterocycles. The highest BCUT2D eigenvalue weighted by Crippen LogP contribution is 2.31. The third-order valence-corrected chi connectivity index (χ3v) is 5.38. The van der Waals surface area contributed by atoms with Crippen molar-refractivity contribution in [1.29, 1.82) is 0 Å². The molecule has 1 heterocycles. The van der Waals surface area contributed by atoms with Gasteiger partial charge in [-0.05, 0) is 58.8 Å². The van der Waals surface area contributed by atoms with Crippen LogP contribution >= 0.6 is 0 Å². The molecule has 0 spiro atoms. The Morgan fingerprint density at radius 1 is 0.667 bits per heavy atom. The Morgan fingerprint density at radius 3 is 2.18 bits per heavy atom. The Morgan fingerprint density at radius 2 is 1.36 bits per heavy atom. The van der Waals surface area contributed by atoms with Crippen LogP contribution in [0.3, 0.4) is 0 Å². The van der Waals surface area contributed by atoms with E-state index in [0.717, 1.165) is 38.7 Å². The molecule has 5 aromatic rings. The largest absolute Gasteiger partial charge is 0.504 e. The van der Waals surface area contributed by atoms with E-state index in [-0.39, 0.29) is 5.75 Å². The summed E-state index contributed by atoms with van der Waals surface area (Å²) in [6.07, 6.45) is 4.04. The van der Waals surface area contributed by atoms with Crippen LogP contribution in [0.5, 0.6) is 17.2 Å². The summed E-state index contributed by atoms with van der Waals surface area (Å²) >= 11 is 0. The molecular weight excluding hydrogens is 410 g/mol. The zero-order valence-corrected chi connectivity index (χ0v) is 18.0. The lowest BCUT2D eigenvalue weighted by Crippen LogP contribution is -2.09. The normalized spacial score (nSPS) is 11.3. The van der Waals surface area contributed by atoms with Gasteiger partial charge in [0.2, 0.25) is 0 Å². The van der Waals surface area contributed by atoms with Crippen molar-refractivity contribution in [3.63, 3.8) is 0 Å². The minimum absolute atomic E-state index is 0.130. The van der Waals surface area contributed by atoms with Crippen molar-refractivity contribution in [3.8, 4) is 17.2 Å². The van der Waals surface area contributed by atoms with Crippen LogP contribution in [0.25, 0.3) is 33.8 Å². The lowest BCUT2D eigenvalue weighted by molar-refractivity contribution is 0.212. The van der Waals surface area contributed by atoms with Gasteiger partial charge in [0.05, 0.1) is 11.2 Å². The molecule has 0 amide bonds. The van der Waals surface area contributed by atoms with Crippen molar-refractivity contribution in [2.75, 3.05) is 13.2 Å². The lowest BCUT2D eigenvalue weighted by atomic mass is 10.1. The van der Waals surface area contributed by atoms with Gasteiger partial charge in [-0.3, -0.25) is 0 Å². The molecule has 4 heteroatoms. The van der Waals surface area contributed by atoms with E-state index >= 15 is 0 Å². The van der Waals surface area contributed by atoms with Crippen LogP contribution < -0.4 is 9.47 Å². The number of para-hydroxylation sites is 1. The van der Waals surface area contributed by atoms with Gasteiger partial charge in [-0.15, -0.1) is 0 Å². The first-order chi connectivity index (χ1) is 16.2. The zero-order chi connectivity index (χ0) is 22.5. The fourth-order valence-electron chi connectivity index (χ4n) is 3.67. The van der Waals surface area contributed by atoms with Gasteiger partial charge in [0, 0.05) is 5.39 Å². The van der Waals surface area contributed by atoms with Crippen molar-refractivity contribution in [2.45, 2.75) is 0 Å². The van der Waals surface area contributed by atoms with Gasteiger partial charge < -0.3 is 14.6 Å². The maximum Gasteiger partial charge on any atom is 0.161 e. The first kappa shape index (κ1) is 20.6. The first-order valence-electron chi connectivity index (χ1n) is 10.9. The molecule has 0 aliphatic heterocycles. The smallest absolute Gasteiger partial charge is 0.161 e. The molecule has 1 N–H and O–H groups in total. The molecule has 0 saturated heterocycles. The summed E-state index contributed by atoms with van der Waals surface area (Å²) in [5.41, 5.74) is 2.97. The molecule has 0 atom stereocenters. The number of fused-ring (bicyclic) bond motifs is 2. The quantitative estimate of drug-likeness (QED) is 0.289. The van der Waals surface area contributed by atoms with Gasteiger partial charge in [-0.25, -0.2) is 4.98 Å². The molecule has 5 rings (SSSR count). The number of benzene rings is 4. The number of ether oxygens (including phenoxy) is 2. The number of pyridine rings is 1. The molecule has 0 aliphatic carbocycles. The van der Waals surface area contributed by atoms with Crippen LogP contribution in [0.4, 0.5) is 0 Å². The monoisotopic (exact) mass is 433 g/mol. The summed E-state index contributed by atoms with van der Waals surface area (Å²) in [7, 11) is 0. The Labute approximate surface area is 192 Å². The van der Waals surface area contributed by atoms with E-state index in [1.165, 1.54) is 0 Å². The summed E-state index contributed by atoms with van der Waals surface area (Å²) in [6, 6.07) is 31.5. The lowest BCUT2D eigenvalue weighted by Gasteiger charge is -2.11. The Hall–Kier alpha value is -4.31. The molecule has 33 heavy (non-hydrogen) atoms. The number of phenols is 1. The van der Waals surface area contributed by atoms with Crippen molar-refractivity contribution in [3.05, 3.63) is 108 Å². The van der Waals surface area contributed by atoms with Crippen LogP contribution in [0.2, 0.25) is 0 Å². The van der Waals surface area contributed by atoms with E-state index in [2.05, 4.69) is 17.1 Å². The van der Waals surface area contributed by atoms with Crippen molar-refractivity contribution >= 4 is 33.8 Å². The second-order valence-electron chi connectivity index (χ2n) is 7.70. The van der Waals surface area contributed by atoms with E-state index < -0.39 is 0 Å². The second-order valence-corrected chi connectivity index (χ2v) is 7.70. The minimum Gasteiger partial charge on any atom is -0.504 e. The third kappa shape index (κ3) is 4.96. The van der Waals surface area contributed by atoms with Crippen LogP contribution in [0, 0.1) is 0 Å². The van der Waals surface area contributed by atoms with Gasteiger partial charge in [-0.2, -0.15) is 0 Å². The topological polar surface area (TPSA) is 51.6 Å². The summed E-state index contributed by atoms with van der Waals surface area (Å²) < 4.78 is 11.5. The summed E-state index contributed by atoms with van der Waals surface area (Å²) in [5.74, 6) is 1.35. The second kappa shape index (κ2) is 9.45. The van der Waals surface area contributed by atoms with Crippen molar-refractivity contribution < 1.29 is 14.6 Å². The predicted octanol–water partition coefficient (Wildman–Crippen LogP) is 6.72. The number of hydrogen-bond donors (Lipinski definition) is 1. The average molecular weight is 434 g/mol. The number of nitrogens with zero attached hydrogens (tertiary/aromatic N) is 1. The van der Waals surface area contributed by atoms with Crippen molar-refractivity contribution in [2.24, 2.45) is 0 Å². The van der Waals surface area contributed by atoms with E-state index in [1.807, 2.05) is 91.0 Å². The number of rotatable bonds is 7. The molecule has 0 saturated carbocycles. The maximum atomic E-state index is 10.2. The van der Waals surface area contributed by atoms with Gasteiger partial charge in [0.25, 0.3) is 0 Å². The zero-order valence-electron chi connectivity index (χ0n) is 18.0. The fourth-order valence-corrected chi connectivity index (χ4v) is 3.67. The van der Waals surface area contributed by atoms with Crippen LogP contribution in [0.1, 0.15) is 11.3 Å². The fraction of sp³-hybridized carbons (Fsp3) is 0.0690. The number of hydrogen-bond acceptors (Lipinski definition) is 4. The molecule has 4 nitrogen and oxygen atoms in total. The molecule has 0 radical (unpaired) electrons. The third-order valence-electron chi connectivity index (χ3n) is 5.38. The summed E-state index contributed by atoms with van der Waals surface area (Å²) in [4.78, 5) is 4.66. The van der Waals surface area contributed by atoms with Gasteiger partial charge in [0.15, 0.2) is 11.5 Å². The molecule has 0 aliphatic rings. The molecular formula is C29H23NO3. The predicted molar refractivity (Wildman–Crippen MR) is 134 cm³/mol. The first-order valence-corrected chi connectivity index (χ1v) is 10.9. The standard InChI is InChI=1S/C29H23NO3/c31-28-19-23-6-1-2-7-24(23)20-29(28)33-18-17-32-26-15-10-21(11-16-26)9-13-25-14-12-22-5-3-4-8-27(22)30-25/h1-16,19-20,31H,17-18H2/b13-9+. The number of aromatic nitrogens is 1. The summed E-state index contributed by atoms with van der Waals surface area (Å²) in [6.45, 7) is 0.712. The Kier molecular flexibility index (Phi) is 5.89. The van der Waals surface area contributed by atoms with E-state index in [4.69, 9.17) is 9.47 Å². The number of aromatic hydroxyl groups is 1. The van der Waals surface area contributed by atoms with Crippen LogP contribution in [0.15, 0.2) is 97.1 Å². The van der Waals surface area contributed by atoms with Gasteiger partial charge in [-0.1, -0.05) is 66.7 Å².